The van der Waals surface area contributed by atoms with E-state index < -0.39 is 0 Å². The lowest BCUT2D eigenvalue weighted by molar-refractivity contribution is 0.278. The van der Waals surface area contributed by atoms with Gasteiger partial charge in [0.1, 0.15) is 0 Å². The molecule has 0 aromatic heterocycles. The van der Waals surface area contributed by atoms with Gasteiger partial charge in [-0.25, -0.2) is 5.01 Å². The van der Waals surface area contributed by atoms with Crippen LogP contribution in [0.25, 0.3) is 0 Å². The van der Waals surface area contributed by atoms with Gasteiger partial charge in [-0.3, -0.25) is 5.84 Å². The van der Waals surface area contributed by atoms with E-state index in [4.69, 9.17) is 5.84 Å². The highest BCUT2D eigenvalue weighted by Crippen LogP contribution is 2.10. The first-order chi connectivity index (χ1) is 5.30. The van der Waals surface area contributed by atoms with Crippen LogP contribution in [0, 0.1) is 0 Å². The monoisotopic (exact) mass is 160 g/mol. The summed E-state index contributed by atoms with van der Waals surface area (Å²) in [4.78, 5) is 0. The lowest BCUT2D eigenvalue weighted by Gasteiger charge is -2.11. The Morgan fingerprint density at radius 3 is 1.73 bits per heavy atom. The van der Waals surface area contributed by atoms with Crippen LogP contribution in [0.5, 0.6) is 0 Å². The fraction of sp³-hybridized carbons (Fsp3) is 1.00. The molecule has 11 heavy (non-hydrogen) atoms. The van der Waals surface area contributed by atoms with E-state index in [2.05, 4.69) is 6.92 Å². The molecule has 1 fully saturated rings. The van der Waals surface area contributed by atoms with Gasteiger partial charge < -0.3 is 0 Å². The predicted molar refractivity (Wildman–Crippen MR) is 52.3 cm³/mol. The highest BCUT2D eigenvalue weighted by Gasteiger charge is 2.15. The summed E-state index contributed by atoms with van der Waals surface area (Å²) in [7, 11) is 0. The van der Waals surface area contributed by atoms with Gasteiger partial charge in [-0.1, -0.05) is 27.7 Å². The maximum absolute atomic E-state index is 5.51. The van der Waals surface area contributed by atoms with Crippen molar-refractivity contribution in [3.05, 3.63) is 0 Å². The largest absolute Gasteiger partial charge is 0.269 e. The minimum absolute atomic E-state index is 0.625. The van der Waals surface area contributed by atoms with E-state index in [9.17, 15) is 0 Å². The van der Waals surface area contributed by atoms with Crippen LogP contribution in [0.15, 0.2) is 0 Å². The average Bonchev–Trinajstić information content (AvgIpc) is 2.44. The Labute approximate surface area is 71.7 Å². The first-order valence-corrected chi connectivity index (χ1v) is 4.82. The molecule has 2 N–H and O–H groups in total. The highest BCUT2D eigenvalue weighted by atomic mass is 15.4. The average molecular weight is 160 g/mol. The van der Waals surface area contributed by atoms with Gasteiger partial charge in [0.2, 0.25) is 0 Å². The van der Waals surface area contributed by atoms with Crippen molar-refractivity contribution in [2.45, 2.75) is 53.5 Å². The van der Waals surface area contributed by atoms with Gasteiger partial charge in [0.05, 0.1) is 0 Å². The number of nitrogens with zero attached hydrogens (tertiary/aromatic N) is 1. The van der Waals surface area contributed by atoms with Gasteiger partial charge >= 0.3 is 0 Å². The zero-order chi connectivity index (χ0) is 9.28. The molecule has 1 rings (SSSR count). The summed E-state index contributed by atoms with van der Waals surface area (Å²) in [5, 5.41) is 1.90. The van der Waals surface area contributed by atoms with Gasteiger partial charge in [-0.15, -0.1) is 0 Å². The number of nitrogens with two attached hydrogens (primary N) is 1. The lowest BCUT2D eigenvalue weighted by Crippen LogP contribution is -2.33. The van der Waals surface area contributed by atoms with Crippen LogP contribution < -0.4 is 5.84 Å². The van der Waals surface area contributed by atoms with Crippen LogP contribution in [0.4, 0.5) is 0 Å². The molecule has 1 aliphatic heterocycles. The van der Waals surface area contributed by atoms with E-state index in [0.29, 0.717) is 6.04 Å². The van der Waals surface area contributed by atoms with Crippen molar-refractivity contribution in [1.29, 1.82) is 0 Å². The van der Waals surface area contributed by atoms with Gasteiger partial charge in [-0.2, -0.15) is 0 Å². The van der Waals surface area contributed by atoms with E-state index in [0.717, 1.165) is 6.54 Å². The molecule has 0 radical (unpaired) electrons. The molecule has 2 heteroatoms. The van der Waals surface area contributed by atoms with Crippen molar-refractivity contribution in [2.24, 2.45) is 5.84 Å². The molecule has 1 aliphatic rings. The van der Waals surface area contributed by atoms with E-state index in [-0.39, 0.29) is 0 Å². The third-order valence-electron chi connectivity index (χ3n) is 1.60. The van der Waals surface area contributed by atoms with Crippen molar-refractivity contribution in [1.82, 2.24) is 5.01 Å². The van der Waals surface area contributed by atoms with E-state index in [1.165, 1.54) is 12.8 Å². The molecule has 0 spiro atoms. The SMILES string of the molecule is CC.CC.CC1CCCN1N. The first-order valence-electron chi connectivity index (χ1n) is 4.82. The van der Waals surface area contributed by atoms with Gasteiger partial charge in [0.15, 0.2) is 0 Å². The lowest BCUT2D eigenvalue weighted by atomic mass is 10.3. The Hall–Kier alpha value is -0.0800. The fourth-order valence-corrected chi connectivity index (χ4v) is 0.955. The van der Waals surface area contributed by atoms with Crippen LogP contribution in [-0.4, -0.2) is 17.6 Å². The molecular weight excluding hydrogens is 136 g/mol. The summed E-state index contributed by atoms with van der Waals surface area (Å²) in [6, 6.07) is 0.625. The van der Waals surface area contributed by atoms with E-state index >= 15 is 0 Å². The Morgan fingerprint density at radius 1 is 1.18 bits per heavy atom. The van der Waals surface area contributed by atoms with Crippen LogP contribution in [0.3, 0.4) is 0 Å². The molecule has 1 atom stereocenters. The van der Waals surface area contributed by atoms with Crippen molar-refractivity contribution in [3.63, 3.8) is 0 Å². The molecule has 0 aromatic rings. The van der Waals surface area contributed by atoms with Gasteiger partial charge in [0, 0.05) is 12.6 Å². The Morgan fingerprint density at radius 2 is 1.64 bits per heavy atom. The topological polar surface area (TPSA) is 29.3 Å². The fourth-order valence-electron chi connectivity index (χ4n) is 0.955. The molecule has 0 aliphatic carbocycles. The molecule has 1 saturated heterocycles. The molecule has 70 valence electrons. The normalized spacial score (nSPS) is 22.9. The number of hydrogen-bond donors (Lipinski definition) is 1. The summed E-state index contributed by atoms with van der Waals surface area (Å²) in [6.45, 7) is 11.2. The molecule has 0 bridgehead atoms. The van der Waals surface area contributed by atoms with Crippen molar-refractivity contribution in [2.75, 3.05) is 6.54 Å². The molecule has 0 saturated carbocycles. The standard InChI is InChI=1S/C5H12N2.2C2H6/c1-5-3-2-4-7(5)6;2*1-2/h5H,2-4,6H2,1H3;2*1-2H3. The Kier molecular flexibility index (Phi) is 12.2. The van der Waals surface area contributed by atoms with E-state index in [1.54, 1.807) is 0 Å². The number of hydrazine groups is 1. The summed E-state index contributed by atoms with van der Waals surface area (Å²) in [5.41, 5.74) is 0. The second kappa shape index (κ2) is 9.92. The van der Waals surface area contributed by atoms with Gasteiger partial charge in [-0.05, 0) is 19.8 Å². The molecule has 2 nitrogen and oxygen atoms in total. The second-order valence-electron chi connectivity index (χ2n) is 2.23. The molecule has 0 amide bonds. The Balaban J connectivity index is 0. The minimum Gasteiger partial charge on any atom is -0.269 e. The first kappa shape index (κ1) is 13.5. The Bertz CT molecular complexity index is 56.6. The third-order valence-corrected chi connectivity index (χ3v) is 1.60. The highest BCUT2D eigenvalue weighted by molar-refractivity contribution is 4.68. The quantitative estimate of drug-likeness (QED) is 0.551. The van der Waals surface area contributed by atoms with Crippen LogP contribution in [0.2, 0.25) is 0 Å². The summed E-state index contributed by atoms with van der Waals surface area (Å²) in [6.07, 6.45) is 2.55. The molecule has 0 aromatic carbocycles. The number of rotatable bonds is 0. The maximum atomic E-state index is 5.51. The third kappa shape index (κ3) is 6.32. The van der Waals surface area contributed by atoms with Crippen LogP contribution in [0.1, 0.15) is 47.5 Å². The second-order valence-corrected chi connectivity index (χ2v) is 2.23. The molecular formula is C9H24N2. The predicted octanol–water partition coefficient (Wildman–Crippen LogP) is 2.40. The molecule has 1 unspecified atom stereocenters. The van der Waals surface area contributed by atoms with Crippen molar-refractivity contribution in [3.8, 4) is 0 Å². The summed E-state index contributed by atoms with van der Waals surface area (Å²) in [5.74, 6) is 5.51. The van der Waals surface area contributed by atoms with Gasteiger partial charge in [0.25, 0.3) is 0 Å². The smallest absolute Gasteiger partial charge is 0.0213 e. The molecule has 1 heterocycles. The van der Waals surface area contributed by atoms with Crippen LogP contribution >= 0.6 is 0 Å². The maximum Gasteiger partial charge on any atom is 0.0213 e. The van der Waals surface area contributed by atoms with Crippen molar-refractivity contribution >= 4 is 0 Å². The van der Waals surface area contributed by atoms with Crippen LogP contribution in [-0.2, 0) is 0 Å². The minimum atomic E-state index is 0.625. The summed E-state index contributed by atoms with van der Waals surface area (Å²) >= 11 is 0. The zero-order valence-corrected chi connectivity index (χ0v) is 8.72. The zero-order valence-electron chi connectivity index (χ0n) is 8.72. The van der Waals surface area contributed by atoms with Crippen molar-refractivity contribution < 1.29 is 0 Å². The number of hydrogen-bond acceptors (Lipinski definition) is 2. The van der Waals surface area contributed by atoms with E-state index in [1.807, 2.05) is 32.7 Å². The summed E-state index contributed by atoms with van der Waals surface area (Å²) < 4.78 is 0.